The van der Waals surface area contributed by atoms with Gasteiger partial charge < -0.3 is 10.2 Å². The Kier molecular flexibility index (Phi) is 4.28. The first-order valence-corrected chi connectivity index (χ1v) is 10.5. The van der Waals surface area contributed by atoms with E-state index in [-0.39, 0.29) is 9.79 Å². The van der Waals surface area contributed by atoms with Crippen LogP contribution in [0.25, 0.3) is 0 Å². The fourth-order valence-corrected chi connectivity index (χ4v) is 5.67. The van der Waals surface area contributed by atoms with Crippen molar-refractivity contribution in [3.8, 4) is 0 Å². The molecule has 0 radical (unpaired) electrons. The molecule has 0 saturated carbocycles. The van der Waals surface area contributed by atoms with Crippen LogP contribution in [0.1, 0.15) is 31.2 Å². The molecule has 2 aliphatic heterocycles. The van der Waals surface area contributed by atoms with Gasteiger partial charge in [-0.05, 0) is 68.3 Å². The summed E-state index contributed by atoms with van der Waals surface area (Å²) in [5, 5.41) is 3.51. The quantitative estimate of drug-likeness (QED) is 0.876. The zero-order chi connectivity index (χ0) is 18.5. The molecular formula is C20H23FN2O2S. The zero-order valence-electron chi connectivity index (χ0n) is 14.9. The summed E-state index contributed by atoms with van der Waals surface area (Å²) in [6.45, 7) is 3.12. The van der Waals surface area contributed by atoms with Crippen molar-refractivity contribution >= 4 is 15.5 Å². The molecule has 2 aromatic carbocycles. The van der Waals surface area contributed by atoms with Gasteiger partial charge in [0.1, 0.15) is 5.82 Å². The van der Waals surface area contributed by atoms with Crippen molar-refractivity contribution in [3.05, 3.63) is 53.8 Å². The average molecular weight is 374 g/mol. The highest BCUT2D eigenvalue weighted by Gasteiger charge is 2.39. The van der Waals surface area contributed by atoms with E-state index in [1.807, 2.05) is 6.07 Å². The van der Waals surface area contributed by atoms with Gasteiger partial charge in [-0.3, -0.25) is 0 Å². The molecule has 4 nitrogen and oxygen atoms in total. The van der Waals surface area contributed by atoms with Crippen LogP contribution in [-0.2, 0) is 9.84 Å². The second-order valence-corrected chi connectivity index (χ2v) is 9.30. The highest BCUT2D eigenvalue weighted by molar-refractivity contribution is 7.91. The van der Waals surface area contributed by atoms with Crippen LogP contribution >= 0.6 is 0 Å². The summed E-state index contributed by atoms with van der Waals surface area (Å²) in [5.74, 6) is -0.231. The van der Waals surface area contributed by atoms with E-state index in [2.05, 4.69) is 24.2 Å². The Morgan fingerprint density at radius 3 is 2.69 bits per heavy atom. The Morgan fingerprint density at radius 2 is 1.92 bits per heavy atom. The van der Waals surface area contributed by atoms with Gasteiger partial charge in [0.2, 0.25) is 9.84 Å². The van der Waals surface area contributed by atoms with Crippen molar-refractivity contribution in [1.29, 1.82) is 0 Å². The Balaban J connectivity index is 1.77. The predicted octanol–water partition coefficient (Wildman–Crippen LogP) is 3.33. The minimum Gasteiger partial charge on any atom is -0.371 e. The number of rotatable bonds is 2. The fraction of sp³-hybridized carbons (Fsp3) is 0.400. The Labute approximate surface area is 153 Å². The third kappa shape index (κ3) is 2.81. The van der Waals surface area contributed by atoms with Crippen molar-refractivity contribution in [1.82, 2.24) is 5.32 Å². The van der Waals surface area contributed by atoms with Gasteiger partial charge in [-0.25, -0.2) is 12.8 Å². The lowest BCUT2D eigenvalue weighted by molar-refractivity contribution is 0.487. The molecule has 1 fully saturated rings. The molecule has 2 aromatic rings. The Hall–Kier alpha value is -1.92. The van der Waals surface area contributed by atoms with Crippen molar-refractivity contribution < 1.29 is 12.8 Å². The van der Waals surface area contributed by atoms with Crippen LogP contribution < -0.4 is 10.2 Å². The molecule has 0 spiro atoms. The summed E-state index contributed by atoms with van der Waals surface area (Å²) < 4.78 is 39.4. The lowest BCUT2D eigenvalue weighted by Gasteiger charge is -2.26. The molecule has 26 heavy (non-hydrogen) atoms. The van der Waals surface area contributed by atoms with Crippen LogP contribution in [0.3, 0.4) is 0 Å². The van der Waals surface area contributed by atoms with Crippen LogP contribution in [0.2, 0.25) is 0 Å². The Morgan fingerprint density at radius 1 is 1.15 bits per heavy atom. The Bertz CT molecular complexity index is 945. The fourth-order valence-electron chi connectivity index (χ4n) is 4.35. The van der Waals surface area contributed by atoms with Crippen molar-refractivity contribution in [2.24, 2.45) is 0 Å². The van der Waals surface area contributed by atoms with E-state index in [1.54, 1.807) is 12.1 Å². The van der Waals surface area contributed by atoms with E-state index in [4.69, 9.17) is 0 Å². The van der Waals surface area contributed by atoms with Crippen LogP contribution in [0.15, 0.2) is 52.3 Å². The number of likely N-dealkylation sites (N-methyl/N-ethyl adjacent to an activating group) is 1. The summed E-state index contributed by atoms with van der Waals surface area (Å²) in [6, 6.07) is 11.4. The third-order valence-corrected chi connectivity index (χ3v) is 7.45. The maximum absolute atomic E-state index is 13.5. The number of nitrogens with one attached hydrogen (secondary N) is 1. The molecule has 2 aliphatic rings. The number of fused-ring (bicyclic) bond motifs is 3. The average Bonchev–Trinajstić information content (AvgIpc) is 2.76. The highest BCUT2D eigenvalue weighted by atomic mass is 32.2. The molecule has 1 N–H and O–H groups in total. The number of sulfone groups is 1. The van der Waals surface area contributed by atoms with Gasteiger partial charge in [-0.2, -0.15) is 0 Å². The van der Waals surface area contributed by atoms with E-state index in [0.717, 1.165) is 36.7 Å². The van der Waals surface area contributed by atoms with Gasteiger partial charge >= 0.3 is 0 Å². The molecule has 1 unspecified atom stereocenters. The summed E-state index contributed by atoms with van der Waals surface area (Å²) in [5.41, 5.74) is 2.19. The predicted molar refractivity (Wildman–Crippen MR) is 99.9 cm³/mol. The normalized spacial score (nSPS) is 25.5. The van der Waals surface area contributed by atoms with Gasteiger partial charge in [0.15, 0.2) is 0 Å². The van der Waals surface area contributed by atoms with Gasteiger partial charge in [0.05, 0.1) is 9.79 Å². The van der Waals surface area contributed by atoms with Crippen molar-refractivity contribution in [3.63, 3.8) is 0 Å². The second-order valence-electron chi connectivity index (χ2n) is 7.35. The number of benzene rings is 2. The van der Waals surface area contributed by atoms with Crippen molar-refractivity contribution in [2.45, 2.75) is 47.6 Å². The van der Waals surface area contributed by atoms with Gasteiger partial charge in [0.25, 0.3) is 0 Å². The SMILES string of the molecule is CC1C[C@H]2[C@H](CCN1)c1cc(S(=O)(=O)c3cccc(F)c3)ccc1N2C. The zero-order valence-corrected chi connectivity index (χ0v) is 15.8. The molecule has 0 aliphatic carbocycles. The minimum absolute atomic E-state index is 0.00323. The monoisotopic (exact) mass is 374 g/mol. The van der Waals surface area contributed by atoms with Crippen LogP contribution in [0, 0.1) is 5.82 Å². The van der Waals surface area contributed by atoms with E-state index in [9.17, 15) is 12.8 Å². The number of nitrogens with zero attached hydrogens (tertiary/aromatic N) is 1. The lowest BCUT2D eigenvalue weighted by Crippen LogP contribution is -2.34. The summed E-state index contributed by atoms with van der Waals surface area (Å²) >= 11 is 0. The molecular weight excluding hydrogens is 351 g/mol. The molecule has 2 heterocycles. The minimum atomic E-state index is -3.73. The van der Waals surface area contributed by atoms with E-state index in [1.165, 1.54) is 18.2 Å². The summed E-state index contributed by atoms with van der Waals surface area (Å²) in [6.07, 6.45) is 2.01. The molecule has 0 amide bonds. The molecule has 1 saturated heterocycles. The highest BCUT2D eigenvalue weighted by Crippen LogP contribution is 2.45. The summed E-state index contributed by atoms with van der Waals surface area (Å²) in [4.78, 5) is 2.51. The molecule has 3 atom stereocenters. The third-order valence-electron chi connectivity index (χ3n) is 5.70. The molecule has 138 valence electrons. The maximum atomic E-state index is 13.5. The van der Waals surface area contributed by atoms with Crippen LogP contribution in [-0.4, -0.2) is 34.1 Å². The van der Waals surface area contributed by atoms with Gasteiger partial charge in [-0.1, -0.05) is 6.07 Å². The molecule has 0 bridgehead atoms. The number of hydrogen-bond acceptors (Lipinski definition) is 4. The number of anilines is 1. The van der Waals surface area contributed by atoms with Crippen LogP contribution in [0.5, 0.6) is 0 Å². The molecule has 4 rings (SSSR count). The number of halogens is 1. The van der Waals surface area contributed by atoms with E-state index in [0.29, 0.717) is 18.0 Å². The topological polar surface area (TPSA) is 49.4 Å². The van der Waals surface area contributed by atoms with E-state index >= 15 is 0 Å². The lowest BCUT2D eigenvalue weighted by atomic mass is 9.90. The first kappa shape index (κ1) is 17.5. The number of hydrogen-bond donors (Lipinski definition) is 1. The largest absolute Gasteiger partial charge is 0.371 e. The smallest absolute Gasteiger partial charge is 0.206 e. The van der Waals surface area contributed by atoms with Crippen LogP contribution in [0.4, 0.5) is 10.1 Å². The first-order chi connectivity index (χ1) is 12.4. The first-order valence-electron chi connectivity index (χ1n) is 8.99. The standard InChI is InChI=1S/C20H23FN2O2S/c1-13-10-20-17(8-9-22-13)18-12-16(6-7-19(18)23(20)2)26(24,25)15-5-3-4-14(21)11-15/h3-7,11-13,17,20,22H,8-10H2,1-2H3/t13?,17-,20+/m1/s1. The second kappa shape index (κ2) is 6.35. The summed E-state index contributed by atoms with van der Waals surface area (Å²) in [7, 11) is -1.65. The van der Waals surface area contributed by atoms with Gasteiger partial charge in [0, 0.05) is 30.7 Å². The molecule has 0 aromatic heterocycles. The van der Waals surface area contributed by atoms with E-state index < -0.39 is 15.7 Å². The van der Waals surface area contributed by atoms with Crippen molar-refractivity contribution in [2.75, 3.05) is 18.5 Å². The maximum Gasteiger partial charge on any atom is 0.206 e. The molecule has 6 heteroatoms. The van der Waals surface area contributed by atoms with Gasteiger partial charge in [-0.15, -0.1) is 0 Å².